The minimum Gasteiger partial charge on any atom is -0.493 e. The number of hydrogen-bond acceptors (Lipinski definition) is 5. The lowest BCUT2D eigenvalue weighted by molar-refractivity contribution is -0.128. The summed E-state index contributed by atoms with van der Waals surface area (Å²) in [7, 11) is 0. The standard InChI is InChI=1S/C15H16O5/c1-11-8-15(17)20-14-9-12(4-5-13(11)14)19-7-3-2-6-18-10-16/h4-5,8-10H,2-3,6-7H2,1H3. The number of fused-ring (bicyclic) bond motifs is 1. The fourth-order valence-corrected chi connectivity index (χ4v) is 1.92. The molecular formula is C15H16O5. The van der Waals surface area contributed by atoms with E-state index in [1.54, 1.807) is 6.07 Å². The predicted molar refractivity (Wildman–Crippen MR) is 74.0 cm³/mol. The summed E-state index contributed by atoms with van der Waals surface area (Å²) < 4.78 is 15.3. The monoisotopic (exact) mass is 276 g/mol. The van der Waals surface area contributed by atoms with Crippen molar-refractivity contribution >= 4 is 17.4 Å². The smallest absolute Gasteiger partial charge is 0.336 e. The van der Waals surface area contributed by atoms with Gasteiger partial charge in [-0.1, -0.05) is 0 Å². The summed E-state index contributed by atoms with van der Waals surface area (Å²) in [6.45, 7) is 3.23. The molecule has 0 N–H and O–H groups in total. The fourth-order valence-electron chi connectivity index (χ4n) is 1.92. The second-order valence-corrected chi connectivity index (χ2v) is 4.43. The van der Waals surface area contributed by atoms with E-state index >= 15 is 0 Å². The number of hydrogen-bond donors (Lipinski definition) is 0. The lowest BCUT2D eigenvalue weighted by Crippen LogP contribution is -2.01. The van der Waals surface area contributed by atoms with Gasteiger partial charge in [-0.3, -0.25) is 4.79 Å². The molecule has 0 fully saturated rings. The van der Waals surface area contributed by atoms with Gasteiger partial charge in [-0.05, 0) is 37.5 Å². The van der Waals surface area contributed by atoms with Crippen molar-refractivity contribution in [3.8, 4) is 5.75 Å². The summed E-state index contributed by atoms with van der Waals surface area (Å²) in [4.78, 5) is 21.3. The molecule has 0 saturated carbocycles. The third-order valence-corrected chi connectivity index (χ3v) is 2.92. The Balaban J connectivity index is 1.98. The predicted octanol–water partition coefficient (Wildman–Crippen LogP) is 2.43. The molecule has 0 atom stereocenters. The summed E-state index contributed by atoms with van der Waals surface area (Å²) in [5, 5.41) is 0.899. The fraction of sp³-hybridized carbons (Fsp3) is 0.333. The van der Waals surface area contributed by atoms with Gasteiger partial charge >= 0.3 is 5.63 Å². The molecule has 1 heterocycles. The average Bonchev–Trinajstić information content (AvgIpc) is 2.42. The van der Waals surface area contributed by atoms with Gasteiger partial charge in [-0.15, -0.1) is 0 Å². The lowest BCUT2D eigenvalue weighted by Gasteiger charge is -2.07. The van der Waals surface area contributed by atoms with Crippen molar-refractivity contribution in [3.05, 3.63) is 40.2 Å². The zero-order chi connectivity index (χ0) is 14.4. The Bertz CT molecular complexity index is 644. The van der Waals surface area contributed by atoms with Crippen LogP contribution in [0.5, 0.6) is 5.75 Å². The van der Waals surface area contributed by atoms with Crippen LogP contribution in [-0.2, 0) is 9.53 Å². The summed E-state index contributed by atoms with van der Waals surface area (Å²) in [6, 6.07) is 6.90. The minimum absolute atomic E-state index is 0.363. The molecule has 0 radical (unpaired) electrons. The number of ether oxygens (including phenoxy) is 2. The molecular weight excluding hydrogens is 260 g/mol. The van der Waals surface area contributed by atoms with E-state index in [0.717, 1.165) is 23.8 Å². The molecule has 0 bridgehead atoms. The lowest BCUT2D eigenvalue weighted by atomic mass is 10.1. The van der Waals surface area contributed by atoms with Gasteiger partial charge in [0.05, 0.1) is 13.2 Å². The van der Waals surface area contributed by atoms with Crippen LogP contribution in [0.4, 0.5) is 0 Å². The van der Waals surface area contributed by atoms with E-state index in [0.29, 0.717) is 31.0 Å². The Hall–Kier alpha value is -2.30. The molecule has 20 heavy (non-hydrogen) atoms. The summed E-state index contributed by atoms with van der Waals surface area (Å²) in [5.74, 6) is 0.655. The first-order valence-electron chi connectivity index (χ1n) is 6.43. The minimum atomic E-state index is -0.363. The third kappa shape index (κ3) is 3.60. The van der Waals surface area contributed by atoms with Crippen molar-refractivity contribution in [2.45, 2.75) is 19.8 Å². The first-order chi connectivity index (χ1) is 9.70. The maximum absolute atomic E-state index is 11.3. The van der Waals surface area contributed by atoms with Crippen molar-refractivity contribution in [3.63, 3.8) is 0 Å². The number of carbonyl (C=O) groups excluding carboxylic acids is 1. The van der Waals surface area contributed by atoms with E-state index in [1.165, 1.54) is 6.07 Å². The number of benzene rings is 1. The second kappa shape index (κ2) is 6.75. The van der Waals surface area contributed by atoms with E-state index in [4.69, 9.17) is 9.15 Å². The normalized spacial score (nSPS) is 10.4. The second-order valence-electron chi connectivity index (χ2n) is 4.43. The summed E-state index contributed by atoms with van der Waals surface area (Å²) in [6.07, 6.45) is 1.53. The largest absolute Gasteiger partial charge is 0.493 e. The van der Waals surface area contributed by atoms with Crippen LogP contribution in [0.1, 0.15) is 18.4 Å². The highest BCUT2D eigenvalue weighted by molar-refractivity contribution is 5.81. The Morgan fingerprint density at radius 1 is 1.20 bits per heavy atom. The molecule has 0 aliphatic rings. The molecule has 0 amide bonds. The van der Waals surface area contributed by atoms with Gasteiger partial charge < -0.3 is 13.9 Å². The highest BCUT2D eigenvalue weighted by Crippen LogP contribution is 2.22. The zero-order valence-electron chi connectivity index (χ0n) is 11.3. The van der Waals surface area contributed by atoms with Gasteiger partial charge in [0.2, 0.25) is 0 Å². The Labute approximate surface area is 116 Å². The molecule has 0 aliphatic heterocycles. The first-order valence-corrected chi connectivity index (χ1v) is 6.43. The number of carbonyl (C=O) groups is 1. The topological polar surface area (TPSA) is 65.7 Å². The molecule has 0 spiro atoms. The number of aryl methyl sites for hydroxylation is 1. The molecule has 0 unspecified atom stereocenters. The van der Waals surface area contributed by atoms with Crippen LogP contribution in [0, 0.1) is 6.92 Å². The molecule has 2 rings (SSSR count). The van der Waals surface area contributed by atoms with Gasteiger partial charge in [0.1, 0.15) is 11.3 Å². The van der Waals surface area contributed by atoms with Crippen LogP contribution in [0.3, 0.4) is 0 Å². The van der Waals surface area contributed by atoms with E-state index in [2.05, 4.69) is 4.74 Å². The summed E-state index contributed by atoms with van der Waals surface area (Å²) >= 11 is 0. The number of unbranched alkanes of at least 4 members (excludes halogenated alkanes) is 1. The van der Waals surface area contributed by atoms with Crippen molar-refractivity contribution in [2.24, 2.45) is 0 Å². The van der Waals surface area contributed by atoms with Gasteiger partial charge in [0, 0.05) is 17.5 Å². The maximum atomic E-state index is 11.3. The number of rotatable bonds is 7. The van der Waals surface area contributed by atoms with E-state index in [1.807, 2.05) is 19.1 Å². The van der Waals surface area contributed by atoms with E-state index in [-0.39, 0.29) is 5.63 Å². The molecule has 5 heteroatoms. The third-order valence-electron chi connectivity index (χ3n) is 2.92. The van der Waals surface area contributed by atoms with Crippen LogP contribution in [0.15, 0.2) is 33.5 Å². The molecule has 0 saturated heterocycles. The van der Waals surface area contributed by atoms with Gasteiger partial charge in [0.25, 0.3) is 6.47 Å². The molecule has 1 aromatic heterocycles. The molecule has 0 aliphatic carbocycles. The molecule has 106 valence electrons. The van der Waals surface area contributed by atoms with E-state index < -0.39 is 0 Å². The van der Waals surface area contributed by atoms with Crippen molar-refractivity contribution in [1.29, 1.82) is 0 Å². The molecule has 5 nitrogen and oxygen atoms in total. The summed E-state index contributed by atoms with van der Waals surface area (Å²) in [5.41, 5.74) is 1.05. The van der Waals surface area contributed by atoms with Crippen molar-refractivity contribution < 1.29 is 18.7 Å². The van der Waals surface area contributed by atoms with Crippen molar-refractivity contribution in [2.75, 3.05) is 13.2 Å². The van der Waals surface area contributed by atoms with Crippen LogP contribution in [-0.4, -0.2) is 19.7 Å². The maximum Gasteiger partial charge on any atom is 0.336 e. The van der Waals surface area contributed by atoms with Crippen LogP contribution in [0.25, 0.3) is 11.0 Å². The first kappa shape index (κ1) is 14.1. The average molecular weight is 276 g/mol. The van der Waals surface area contributed by atoms with Crippen LogP contribution >= 0.6 is 0 Å². The zero-order valence-corrected chi connectivity index (χ0v) is 11.3. The Morgan fingerprint density at radius 2 is 2.00 bits per heavy atom. The van der Waals surface area contributed by atoms with E-state index in [9.17, 15) is 9.59 Å². The molecule has 2 aromatic rings. The van der Waals surface area contributed by atoms with Crippen molar-refractivity contribution in [1.82, 2.24) is 0 Å². The quantitative estimate of drug-likeness (QED) is 0.441. The van der Waals surface area contributed by atoms with Gasteiger partial charge in [-0.25, -0.2) is 4.79 Å². The van der Waals surface area contributed by atoms with Gasteiger partial charge in [-0.2, -0.15) is 0 Å². The highest BCUT2D eigenvalue weighted by atomic mass is 16.5. The Morgan fingerprint density at radius 3 is 2.80 bits per heavy atom. The van der Waals surface area contributed by atoms with Crippen LogP contribution in [0.2, 0.25) is 0 Å². The SMILES string of the molecule is Cc1cc(=O)oc2cc(OCCCCOC=O)ccc12. The Kier molecular flexibility index (Phi) is 4.76. The van der Waals surface area contributed by atoms with Gasteiger partial charge in [0.15, 0.2) is 0 Å². The molecule has 1 aromatic carbocycles. The highest BCUT2D eigenvalue weighted by Gasteiger charge is 2.04. The van der Waals surface area contributed by atoms with Crippen LogP contribution < -0.4 is 10.4 Å².